The standard InChI is InChI=1S/C22H30N2O3S/c1-16(2)15-24(17(3)4)22(25)19-9-11-20(12-10-19)23(6)28(26,27)21-13-7-18(5)8-14-21/h7-14,16-17H,15H2,1-6H3. The number of carbonyl (C=O) groups excluding carboxylic acids is 1. The van der Waals surface area contributed by atoms with Gasteiger partial charge in [0.1, 0.15) is 0 Å². The van der Waals surface area contributed by atoms with E-state index in [1.54, 1.807) is 48.5 Å². The minimum absolute atomic E-state index is 0.0423. The lowest BCUT2D eigenvalue weighted by molar-refractivity contribution is 0.0682. The van der Waals surface area contributed by atoms with Crippen molar-refractivity contribution in [3.63, 3.8) is 0 Å². The van der Waals surface area contributed by atoms with Crippen LogP contribution >= 0.6 is 0 Å². The number of hydrogen-bond donors (Lipinski definition) is 0. The van der Waals surface area contributed by atoms with Gasteiger partial charge in [-0.25, -0.2) is 8.42 Å². The van der Waals surface area contributed by atoms with Crippen LogP contribution in [0.3, 0.4) is 0 Å². The molecule has 0 aliphatic rings. The molecule has 0 aliphatic heterocycles. The lowest BCUT2D eigenvalue weighted by Crippen LogP contribution is -2.39. The van der Waals surface area contributed by atoms with Crippen LogP contribution in [0.5, 0.6) is 0 Å². The number of nitrogens with zero attached hydrogens (tertiary/aromatic N) is 2. The largest absolute Gasteiger partial charge is 0.336 e. The molecule has 0 radical (unpaired) electrons. The smallest absolute Gasteiger partial charge is 0.264 e. The Morgan fingerprint density at radius 1 is 0.929 bits per heavy atom. The van der Waals surface area contributed by atoms with Gasteiger partial charge in [0.2, 0.25) is 0 Å². The fraction of sp³-hybridized carbons (Fsp3) is 0.409. The summed E-state index contributed by atoms with van der Waals surface area (Å²) in [5, 5.41) is 0. The fourth-order valence-electron chi connectivity index (χ4n) is 2.91. The van der Waals surface area contributed by atoms with Gasteiger partial charge < -0.3 is 4.90 Å². The molecule has 0 N–H and O–H groups in total. The van der Waals surface area contributed by atoms with Crippen molar-refractivity contribution < 1.29 is 13.2 Å². The second kappa shape index (κ2) is 8.78. The quantitative estimate of drug-likeness (QED) is 0.693. The van der Waals surface area contributed by atoms with Crippen LogP contribution in [0.4, 0.5) is 5.69 Å². The third kappa shape index (κ3) is 4.93. The highest BCUT2D eigenvalue weighted by atomic mass is 32.2. The minimum atomic E-state index is -3.65. The van der Waals surface area contributed by atoms with E-state index in [9.17, 15) is 13.2 Å². The number of carbonyl (C=O) groups is 1. The molecule has 0 aliphatic carbocycles. The van der Waals surface area contributed by atoms with Crippen LogP contribution in [-0.2, 0) is 10.0 Å². The summed E-state index contributed by atoms with van der Waals surface area (Å²) in [7, 11) is -2.13. The third-order valence-electron chi connectivity index (χ3n) is 4.60. The van der Waals surface area contributed by atoms with E-state index in [-0.39, 0.29) is 16.8 Å². The average molecular weight is 403 g/mol. The van der Waals surface area contributed by atoms with Crippen molar-refractivity contribution in [3.8, 4) is 0 Å². The first kappa shape index (κ1) is 22.0. The van der Waals surface area contributed by atoms with Gasteiger partial charge in [-0.15, -0.1) is 0 Å². The highest BCUT2D eigenvalue weighted by molar-refractivity contribution is 7.92. The summed E-state index contributed by atoms with van der Waals surface area (Å²) in [6, 6.07) is 13.6. The zero-order chi connectivity index (χ0) is 21.1. The molecule has 6 heteroatoms. The molecule has 152 valence electrons. The highest BCUT2D eigenvalue weighted by Gasteiger charge is 2.23. The van der Waals surface area contributed by atoms with E-state index in [2.05, 4.69) is 13.8 Å². The molecule has 0 aromatic heterocycles. The predicted molar refractivity (Wildman–Crippen MR) is 114 cm³/mol. The summed E-state index contributed by atoms with van der Waals surface area (Å²) in [6.45, 7) is 10.7. The zero-order valence-corrected chi connectivity index (χ0v) is 18.3. The SMILES string of the molecule is Cc1ccc(S(=O)(=O)N(C)c2ccc(C(=O)N(CC(C)C)C(C)C)cc2)cc1. The first-order valence-corrected chi connectivity index (χ1v) is 10.9. The lowest BCUT2D eigenvalue weighted by atomic mass is 10.1. The van der Waals surface area contributed by atoms with Crippen molar-refractivity contribution in [2.24, 2.45) is 5.92 Å². The van der Waals surface area contributed by atoms with Gasteiger partial charge in [-0.2, -0.15) is 0 Å². The second-order valence-corrected chi connectivity index (χ2v) is 9.75. The van der Waals surface area contributed by atoms with Gasteiger partial charge in [0.05, 0.1) is 10.6 Å². The topological polar surface area (TPSA) is 57.7 Å². The molecule has 28 heavy (non-hydrogen) atoms. The molecule has 0 atom stereocenters. The van der Waals surface area contributed by atoms with E-state index in [1.807, 2.05) is 25.7 Å². The van der Waals surface area contributed by atoms with Gasteiger partial charge >= 0.3 is 0 Å². The van der Waals surface area contributed by atoms with Crippen LogP contribution in [0.15, 0.2) is 53.4 Å². The molecule has 0 unspecified atom stereocenters. The van der Waals surface area contributed by atoms with Crippen LogP contribution in [-0.4, -0.2) is 38.9 Å². The van der Waals surface area contributed by atoms with Gasteiger partial charge in [0.25, 0.3) is 15.9 Å². The first-order chi connectivity index (χ1) is 13.0. The molecule has 0 saturated carbocycles. The second-order valence-electron chi connectivity index (χ2n) is 7.78. The summed E-state index contributed by atoms with van der Waals surface area (Å²) < 4.78 is 26.9. The van der Waals surface area contributed by atoms with Gasteiger partial charge in [0, 0.05) is 25.2 Å². The number of sulfonamides is 1. The molecular formula is C22H30N2O3S. The summed E-state index contributed by atoms with van der Waals surface area (Å²) in [5.74, 6) is 0.329. The monoisotopic (exact) mass is 402 g/mol. The molecule has 5 nitrogen and oxygen atoms in total. The van der Waals surface area contributed by atoms with Crippen LogP contribution in [0, 0.1) is 12.8 Å². The molecule has 0 spiro atoms. The van der Waals surface area contributed by atoms with Crippen LogP contribution in [0.1, 0.15) is 43.6 Å². The van der Waals surface area contributed by atoms with Crippen LogP contribution in [0.2, 0.25) is 0 Å². The van der Waals surface area contributed by atoms with Crippen molar-refractivity contribution in [2.75, 3.05) is 17.9 Å². The van der Waals surface area contributed by atoms with E-state index in [0.717, 1.165) is 5.56 Å². The fourth-order valence-corrected chi connectivity index (χ4v) is 4.10. The summed E-state index contributed by atoms with van der Waals surface area (Å²) in [5.41, 5.74) is 2.07. The number of benzene rings is 2. The maximum Gasteiger partial charge on any atom is 0.264 e. The molecule has 0 saturated heterocycles. The molecular weight excluding hydrogens is 372 g/mol. The Morgan fingerprint density at radius 3 is 1.93 bits per heavy atom. The maximum atomic E-state index is 12.8. The Balaban J connectivity index is 2.25. The Morgan fingerprint density at radius 2 is 1.46 bits per heavy atom. The van der Waals surface area contributed by atoms with Gasteiger partial charge in [0.15, 0.2) is 0 Å². The van der Waals surface area contributed by atoms with Gasteiger partial charge in [-0.3, -0.25) is 9.10 Å². The first-order valence-electron chi connectivity index (χ1n) is 9.50. The van der Waals surface area contributed by atoms with Crippen molar-refractivity contribution in [3.05, 3.63) is 59.7 Å². The third-order valence-corrected chi connectivity index (χ3v) is 6.40. The van der Waals surface area contributed by atoms with Gasteiger partial charge in [-0.1, -0.05) is 31.5 Å². The molecule has 0 heterocycles. The average Bonchev–Trinajstić information content (AvgIpc) is 2.65. The normalized spacial score (nSPS) is 11.7. The maximum absolute atomic E-state index is 12.8. The van der Waals surface area contributed by atoms with Crippen LogP contribution in [0.25, 0.3) is 0 Å². The number of amides is 1. The minimum Gasteiger partial charge on any atom is -0.336 e. The Kier molecular flexibility index (Phi) is 6.88. The molecule has 2 aromatic carbocycles. The number of aryl methyl sites for hydroxylation is 1. The molecule has 2 aromatic rings. The predicted octanol–water partition coefficient (Wildman–Crippen LogP) is 4.33. The molecule has 2 rings (SSSR count). The summed E-state index contributed by atoms with van der Waals surface area (Å²) >= 11 is 0. The van der Waals surface area contributed by atoms with Crippen molar-refractivity contribution >= 4 is 21.6 Å². The Labute approximate surface area is 169 Å². The molecule has 0 fully saturated rings. The van der Waals surface area contributed by atoms with Crippen molar-refractivity contribution in [1.29, 1.82) is 0 Å². The van der Waals surface area contributed by atoms with Crippen molar-refractivity contribution in [2.45, 2.75) is 45.6 Å². The number of anilines is 1. The molecule has 0 bridgehead atoms. The van der Waals surface area contributed by atoms with Crippen LogP contribution < -0.4 is 4.31 Å². The van der Waals surface area contributed by atoms with E-state index in [1.165, 1.54) is 11.4 Å². The number of rotatable bonds is 7. The van der Waals surface area contributed by atoms with Crippen molar-refractivity contribution in [1.82, 2.24) is 4.90 Å². The van der Waals surface area contributed by atoms with E-state index >= 15 is 0 Å². The number of hydrogen-bond acceptors (Lipinski definition) is 3. The zero-order valence-electron chi connectivity index (χ0n) is 17.5. The van der Waals surface area contributed by atoms with E-state index in [0.29, 0.717) is 23.7 Å². The molecule has 1 amide bonds. The van der Waals surface area contributed by atoms with E-state index in [4.69, 9.17) is 0 Å². The Hall–Kier alpha value is -2.34. The highest BCUT2D eigenvalue weighted by Crippen LogP contribution is 2.23. The van der Waals surface area contributed by atoms with Gasteiger partial charge in [-0.05, 0) is 63.1 Å². The summed E-state index contributed by atoms with van der Waals surface area (Å²) in [6.07, 6.45) is 0. The summed E-state index contributed by atoms with van der Waals surface area (Å²) in [4.78, 5) is 14.9. The lowest BCUT2D eigenvalue weighted by Gasteiger charge is -2.29. The van der Waals surface area contributed by atoms with E-state index < -0.39 is 10.0 Å². The Bertz CT molecular complexity index is 902.